The average Bonchev–Trinajstić information content (AvgIpc) is 2.83. The zero-order valence-corrected chi connectivity index (χ0v) is 13.2. The number of nitrogens with one attached hydrogen (secondary N) is 1. The highest BCUT2D eigenvalue weighted by molar-refractivity contribution is 5.83. The Balaban J connectivity index is 1.73. The number of carbonyl (C=O) groups is 2. The molecule has 1 saturated carbocycles. The third kappa shape index (κ3) is 4.11. The van der Waals surface area contributed by atoms with Crippen molar-refractivity contribution in [3.8, 4) is 0 Å². The van der Waals surface area contributed by atoms with Gasteiger partial charge in [0.05, 0.1) is 0 Å². The number of carboxylic acids is 1. The van der Waals surface area contributed by atoms with Crippen LogP contribution in [-0.4, -0.2) is 41.1 Å². The molecule has 2 fully saturated rings. The molecular formula is C16H28N2O3. The molecule has 2 amide bonds. The first-order valence-electron chi connectivity index (χ1n) is 8.26. The van der Waals surface area contributed by atoms with E-state index < -0.39 is 12.0 Å². The van der Waals surface area contributed by atoms with Gasteiger partial charge in [-0.05, 0) is 30.6 Å². The fraction of sp³-hybridized carbons (Fsp3) is 0.875. The second kappa shape index (κ2) is 7.14. The van der Waals surface area contributed by atoms with Gasteiger partial charge in [0, 0.05) is 13.1 Å². The topological polar surface area (TPSA) is 69.6 Å². The van der Waals surface area contributed by atoms with Crippen LogP contribution in [0.3, 0.4) is 0 Å². The van der Waals surface area contributed by atoms with E-state index in [0.29, 0.717) is 19.0 Å². The molecule has 2 aliphatic rings. The van der Waals surface area contributed by atoms with E-state index in [4.69, 9.17) is 0 Å². The van der Waals surface area contributed by atoms with Crippen LogP contribution in [0.2, 0.25) is 0 Å². The summed E-state index contributed by atoms with van der Waals surface area (Å²) in [4.78, 5) is 24.9. The Bertz CT molecular complexity index is 378. The molecule has 5 nitrogen and oxygen atoms in total. The van der Waals surface area contributed by atoms with Crippen LogP contribution in [-0.2, 0) is 4.79 Å². The number of hydrogen-bond acceptors (Lipinski definition) is 2. The summed E-state index contributed by atoms with van der Waals surface area (Å²) in [7, 11) is 0. The summed E-state index contributed by atoms with van der Waals surface area (Å²) >= 11 is 0. The van der Waals surface area contributed by atoms with E-state index in [9.17, 15) is 14.7 Å². The van der Waals surface area contributed by atoms with Crippen molar-refractivity contribution >= 4 is 12.0 Å². The monoisotopic (exact) mass is 296 g/mol. The molecule has 1 heterocycles. The van der Waals surface area contributed by atoms with Crippen LogP contribution in [0.25, 0.3) is 0 Å². The number of urea groups is 1. The summed E-state index contributed by atoms with van der Waals surface area (Å²) in [6.45, 7) is 5.41. The average molecular weight is 296 g/mol. The van der Waals surface area contributed by atoms with E-state index in [1.165, 1.54) is 30.6 Å². The molecule has 0 aromatic heterocycles. The van der Waals surface area contributed by atoms with Crippen molar-refractivity contribution in [2.24, 2.45) is 17.8 Å². The lowest BCUT2D eigenvalue weighted by atomic mass is 9.81. The van der Waals surface area contributed by atoms with Crippen LogP contribution in [0, 0.1) is 17.8 Å². The maximum absolute atomic E-state index is 12.2. The Morgan fingerprint density at radius 2 is 1.81 bits per heavy atom. The zero-order valence-electron chi connectivity index (χ0n) is 13.2. The summed E-state index contributed by atoms with van der Waals surface area (Å²) in [5.41, 5.74) is 0. The smallest absolute Gasteiger partial charge is 0.326 e. The standard InChI is InChI=1S/C16H28N2O3/c1-11-3-5-13(6-4-11)7-9-17-16(21)18-10-8-12(2)14(18)15(19)20/h11-14H,3-10H2,1-2H3,(H,17,21)(H,19,20). The molecule has 2 rings (SSSR count). The van der Waals surface area contributed by atoms with Crippen molar-refractivity contribution < 1.29 is 14.7 Å². The number of hydrogen-bond donors (Lipinski definition) is 2. The molecule has 21 heavy (non-hydrogen) atoms. The van der Waals surface area contributed by atoms with Gasteiger partial charge in [0.1, 0.15) is 6.04 Å². The Morgan fingerprint density at radius 1 is 1.14 bits per heavy atom. The summed E-state index contributed by atoms with van der Waals surface area (Å²) in [6.07, 6.45) is 6.89. The highest BCUT2D eigenvalue weighted by Crippen LogP contribution is 2.30. The van der Waals surface area contributed by atoms with Crippen molar-refractivity contribution in [3.05, 3.63) is 0 Å². The first-order valence-corrected chi connectivity index (χ1v) is 8.26. The SMILES string of the molecule is CC1CCC(CCNC(=O)N2CCC(C)C2C(=O)O)CC1. The number of likely N-dealkylation sites (tertiary alicyclic amines) is 1. The Hall–Kier alpha value is -1.26. The van der Waals surface area contributed by atoms with Crippen molar-refractivity contribution in [1.82, 2.24) is 10.2 Å². The van der Waals surface area contributed by atoms with Gasteiger partial charge < -0.3 is 15.3 Å². The van der Waals surface area contributed by atoms with E-state index in [0.717, 1.165) is 18.8 Å². The first kappa shape index (κ1) is 16.1. The van der Waals surface area contributed by atoms with Gasteiger partial charge in [-0.3, -0.25) is 0 Å². The van der Waals surface area contributed by atoms with Crippen molar-refractivity contribution in [3.63, 3.8) is 0 Å². The van der Waals surface area contributed by atoms with E-state index in [-0.39, 0.29) is 11.9 Å². The van der Waals surface area contributed by atoms with Crippen molar-refractivity contribution in [2.75, 3.05) is 13.1 Å². The van der Waals surface area contributed by atoms with Gasteiger partial charge in [-0.2, -0.15) is 0 Å². The number of nitrogens with zero attached hydrogens (tertiary/aromatic N) is 1. The highest BCUT2D eigenvalue weighted by Gasteiger charge is 2.39. The van der Waals surface area contributed by atoms with Gasteiger partial charge in [0.25, 0.3) is 0 Å². The minimum absolute atomic E-state index is 0.0353. The minimum Gasteiger partial charge on any atom is -0.480 e. The molecule has 0 aromatic rings. The maximum atomic E-state index is 12.2. The number of carbonyl (C=O) groups excluding carboxylic acids is 1. The third-order valence-electron chi connectivity index (χ3n) is 5.18. The van der Waals surface area contributed by atoms with Gasteiger partial charge in [-0.25, -0.2) is 9.59 Å². The second-order valence-electron chi connectivity index (χ2n) is 6.89. The molecule has 5 heteroatoms. The molecule has 1 aliphatic heterocycles. The first-order chi connectivity index (χ1) is 9.99. The quantitative estimate of drug-likeness (QED) is 0.838. The maximum Gasteiger partial charge on any atom is 0.326 e. The van der Waals surface area contributed by atoms with Crippen LogP contribution < -0.4 is 5.32 Å². The lowest BCUT2D eigenvalue weighted by Crippen LogP contribution is -2.47. The number of carboxylic acid groups (broad SMARTS) is 1. The van der Waals surface area contributed by atoms with Crippen molar-refractivity contribution in [2.45, 2.75) is 58.4 Å². The number of aliphatic carboxylic acids is 1. The van der Waals surface area contributed by atoms with Gasteiger partial charge >= 0.3 is 12.0 Å². The predicted molar refractivity (Wildman–Crippen MR) is 81.0 cm³/mol. The van der Waals surface area contributed by atoms with E-state index in [1.54, 1.807) is 0 Å². The molecule has 2 N–H and O–H groups in total. The lowest BCUT2D eigenvalue weighted by molar-refractivity contribution is -0.142. The summed E-state index contributed by atoms with van der Waals surface area (Å²) in [5.74, 6) is 0.706. The van der Waals surface area contributed by atoms with Gasteiger partial charge in [-0.15, -0.1) is 0 Å². The largest absolute Gasteiger partial charge is 0.480 e. The van der Waals surface area contributed by atoms with E-state index in [2.05, 4.69) is 12.2 Å². The number of rotatable bonds is 4. The second-order valence-corrected chi connectivity index (χ2v) is 6.89. The molecule has 0 aromatic carbocycles. The van der Waals surface area contributed by atoms with Crippen LogP contribution >= 0.6 is 0 Å². The molecule has 0 radical (unpaired) electrons. The van der Waals surface area contributed by atoms with Crippen LogP contribution in [0.5, 0.6) is 0 Å². The van der Waals surface area contributed by atoms with Crippen LogP contribution in [0.4, 0.5) is 4.79 Å². The molecule has 2 atom stereocenters. The summed E-state index contributed by atoms with van der Waals surface area (Å²) in [5, 5.41) is 12.1. The normalized spacial score (nSPS) is 33.0. The van der Waals surface area contributed by atoms with Gasteiger partial charge in [-0.1, -0.05) is 39.5 Å². The molecule has 1 aliphatic carbocycles. The van der Waals surface area contributed by atoms with Gasteiger partial charge in [0.15, 0.2) is 0 Å². The molecule has 0 bridgehead atoms. The molecular weight excluding hydrogens is 268 g/mol. The van der Waals surface area contributed by atoms with Gasteiger partial charge in [0.2, 0.25) is 0 Å². The number of amides is 2. The third-order valence-corrected chi connectivity index (χ3v) is 5.18. The summed E-state index contributed by atoms with van der Waals surface area (Å²) in [6, 6.07) is -0.878. The molecule has 120 valence electrons. The zero-order chi connectivity index (χ0) is 15.4. The summed E-state index contributed by atoms with van der Waals surface area (Å²) < 4.78 is 0. The Kier molecular flexibility index (Phi) is 5.48. The molecule has 2 unspecified atom stereocenters. The van der Waals surface area contributed by atoms with E-state index >= 15 is 0 Å². The van der Waals surface area contributed by atoms with Crippen molar-refractivity contribution in [1.29, 1.82) is 0 Å². The van der Waals surface area contributed by atoms with Crippen LogP contribution in [0.1, 0.15) is 52.4 Å². The van der Waals surface area contributed by atoms with E-state index in [1.807, 2.05) is 6.92 Å². The lowest BCUT2D eigenvalue weighted by Gasteiger charge is -2.27. The fourth-order valence-electron chi connectivity index (χ4n) is 3.65. The molecule has 0 spiro atoms. The van der Waals surface area contributed by atoms with Crippen LogP contribution in [0.15, 0.2) is 0 Å². The minimum atomic E-state index is -0.892. The highest BCUT2D eigenvalue weighted by atomic mass is 16.4. The Morgan fingerprint density at radius 3 is 2.43 bits per heavy atom. The molecule has 1 saturated heterocycles. The fourth-order valence-corrected chi connectivity index (χ4v) is 3.65. The Labute approximate surface area is 127 Å². The predicted octanol–water partition coefficient (Wildman–Crippen LogP) is 2.71.